The smallest absolute Gasteiger partial charge is 0.266 e. The molecule has 0 bridgehead atoms. The summed E-state index contributed by atoms with van der Waals surface area (Å²) in [5, 5.41) is 7.15. The maximum Gasteiger partial charge on any atom is 0.266 e. The number of hydrogen-bond acceptors (Lipinski definition) is 4. The van der Waals surface area contributed by atoms with Crippen molar-refractivity contribution in [2.45, 2.75) is 33.2 Å². The standard InChI is InChI=1S/C20H20BrF3N4/c1-4-25-17-9-16-14(8-15(17)21)20(28-11(3)27-16)26-10(2)12-6-5-7-13(18(12)22)19(23)24/h5-10,19,25H,4H2,1-3H3,(H,26,27,28)/t10-/m1/s1. The molecule has 0 radical (unpaired) electrons. The fraction of sp³-hybridized carbons (Fsp3) is 0.300. The van der Waals surface area contributed by atoms with Gasteiger partial charge in [-0.15, -0.1) is 0 Å². The van der Waals surface area contributed by atoms with E-state index in [4.69, 9.17) is 0 Å². The minimum atomic E-state index is -2.87. The Morgan fingerprint density at radius 2 is 1.86 bits per heavy atom. The van der Waals surface area contributed by atoms with Crippen molar-refractivity contribution in [1.82, 2.24) is 9.97 Å². The van der Waals surface area contributed by atoms with E-state index in [0.717, 1.165) is 33.7 Å². The molecule has 0 aliphatic heterocycles. The molecule has 1 aromatic heterocycles. The Kier molecular flexibility index (Phi) is 6.07. The Balaban J connectivity index is 2.02. The van der Waals surface area contributed by atoms with Crippen LogP contribution >= 0.6 is 15.9 Å². The summed E-state index contributed by atoms with van der Waals surface area (Å²) in [5.41, 5.74) is 1.18. The van der Waals surface area contributed by atoms with Gasteiger partial charge in [0.05, 0.1) is 22.8 Å². The van der Waals surface area contributed by atoms with E-state index in [1.54, 1.807) is 13.8 Å². The van der Waals surface area contributed by atoms with Crippen LogP contribution in [-0.2, 0) is 0 Å². The van der Waals surface area contributed by atoms with Gasteiger partial charge in [-0.1, -0.05) is 18.2 Å². The molecule has 28 heavy (non-hydrogen) atoms. The molecule has 0 unspecified atom stereocenters. The van der Waals surface area contributed by atoms with Gasteiger partial charge < -0.3 is 10.6 Å². The SMILES string of the molecule is CCNc1cc2nc(C)nc(N[C@H](C)c3cccc(C(F)F)c3F)c2cc1Br. The molecule has 0 fully saturated rings. The van der Waals surface area contributed by atoms with Crippen LogP contribution in [0.4, 0.5) is 24.7 Å². The summed E-state index contributed by atoms with van der Waals surface area (Å²) >= 11 is 3.53. The van der Waals surface area contributed by atoms with Gasteiger partial charge >= 0.3 is 0 Å². The molecule has 0 spiro atoms. The summed E-state index contributed by atoms with van der Waals surface area (Å²) in [5.74, 6) is 0.164. The lowest BCUT2D eigenvalue weighted by Gasteiger charge is -2.19. The first-order valence-corrected chi connectivity index (χ1v) is 9.65. The van der Waals surface area contributed by atoms with E-state index in [2.05, 4.69) is 36.5 Å². The Morgan fingerprint density at radius 1 is 1.14 bits per heavy atom. The third kappa shape index (κ3) is 4.06. The number of anilines is 2. The van der Waals surface area contributed by atoms with Crippen molar-refractivity contribution in [3.05, 3.63) is 57.6 Å². The Hall–Kier alpha value is -2.35. The van der Waals surface area contributed by atoms with Crippen LogP contribution in [0.15, 0.2) is 34.8 Å². The predicted molar refractivity (Wildman–Crippen MR) is 110 cm³/mol. The summed E-state index contributed by atoms with van der Waals surface area (Å²) in [6, 6.07) is 7.25. The average molecular weight is 453 g/mol. The van der Waals surface area contributed by atoms with Gasteiger partial charge in [0.15, 0.2) is 0 Å². The summed E-state index contributed by atoms with van der Waals surface area (Å²) in [6.45, 7) is 6.23. The highest BCUT2D eigenvalue weighted by Gasteiger charge is 2.20. The van der Waals surface area contributed by atoms with Crippen LogP contribution in [0.25, 0.3) is 10.9 Å². The number of benzene rings is 2. The molecule has 0 saturated carbocycles. The minimum Gasteiger partial charge on any atom is -0.384 e. The molecule has 2 N–H and O–H groups in total. The van der Waals surface area contributed by atoms with E-state index in [-0.39, 0.29) is 5.56 Å². The van der Waals surface area contributed by atoms with Gasteiger partial charge in [-0.3, -0.25) is 0 Å². The Morgan fingerprint density at radius 3 is 2.54 bits per heavy atom. The fourth-order valence-electron chi connectivity index (χ4n) is 3.06. The third-order valence-corrected chi connectivity index (χ3v) is 5.03. The second-order valence-corrected chi connectivity index (χ2v) is 7.27. The molecule has 1 atom stereocenters. The number of halogens is 4. The molecule has 0 saturated heterocycles. The van der Waals surface area contributed by atoms with E-state index in [9.17, 15) is 13.2 Å². The zero-order chi connectivity index (χ0) is 20.4. The Labute approximate surface area is 169 Å². The van der Waals surface area contributed by atoms with Crippen LogP contribution in [0.3, 0.4) is 0 Å². The highest BCUT2D eigenvalue weighted by Crippen LogP contribution is 2.33. The van der Waals surface area contributed by atoms with Gasteiger partial charge in [0.25, 0.3) is 6.43 Å². The predicted octanol–water partition coefficient (Wildman–Crippen LogP) is 6.38. The minimum absolute atomic E-state index is 0.158. The van der Waals surface area contributed by atoms with Gasteiger partial charge in [-0.05, 0) is 48.8 Å². The van der Waals surface area contributed by atoms with E-state index >= 15 is 0 Å². The molecule has 0 aliphatic rings. The fourth-order valence-corrected chi connectivity index (χ4v) is 3.54. The lowest BCUT2D eigenvalue weighted by molar-refractivity contribution is 0.146. The number of hydrogen-bond donors (Lipinski definition) is 2. The van der Waals surface area contributed by atoms with Gasteiger partial charge in [-0.2, -0.15) is 0 Å². The molecule has 148 valence electrons. The molecule has 0 aliphatic carbocycles. The second-order valence-electron chi connectivity index (χ2n) is 6.42. The molecule has 0 amide bonds. The summed E-state index contributed by atoms with van der Waals surface area (Å²) in [6.07, 6.45) is -2.87. The Bertz CT molecular complexity index is 1010. The molecular formula is C20H20BrF3N4. The van der Waals surface area contributed by atoms with Crippen LogP contribution in [0.2, 0.25) is 0 Å². The third-order valence-electron chi connectivity index (χ3n) is 4.38. The summed E-state index contributed by atoms with van der Waals surface area (Å²) in [4.78, 5) is 8.91. The van der Waals surface area contributed by atoms with Crippen molar-refractivity contribution in [2.75, 3.05) is 17.2 Å². The monoisotopic (exact) mass is 452 g/mol. The topological polar surface area (TPSA) is 49.8 Å². The maximum absolute atomic E-state index is 14.5. The maximum atomic E-state index is 14.5. The van der Waals surface area contributed by atoms with E-state index < -0.39 is 23.8 Å². The molecule has 3 rings (SSSR count). The van der Waals surface area contributed by atoms with Gasteiger partial charge in [0, 0.05) is 22.0 Å². The van der Waals surface area contributed by atoms with Crippen LogP contribution in [0.1, 0.15) is 43.3 Å². The van der Waals surface area contributed by atoms with Gasteiger partial charge in [-0.25, -0.2) is 23.1 Å². The average Bonchev–Trinajstić information content (AvgIpc) is 2.63. The van der Waals surface area contributed by atoms with Crippen LogP contribution in [0, 0.1) is 12.7 Å². The lowest BCUT2D eigenvalue weighted by atomic mass is 10.0. The lowest BCUT2D eigenvalue weighted by Crippen LogP contribution is -2.12. The van der Waals surface area contributed by atoms with Crippen molar-refractivity contribution in [2.24, 2.45) is 0 Å². The molecule has 1 heterocycles. The van der Waals surface area contributed by atoms with Gasteiger partial charge in [0.1, 0.15) is 17.5 Å². The quantitative estimate of drug-likeness (QED) is 0.455. The number of alkyl halides is 2. The van der Waals surface area contributed by atoms with Crippen LogP contribution in [-0.4, -0.2) is 16.5 Å². The summed E-state index contributed by atoms with van der Waals surface area (Å²) in [7, 11) is 0. The zero-order valence-electron chi connectivity index (χ0n) is 15.7. The van der Waals surface area contributed by atoms with Crippen molar-refractivity contribution in [3.8, 4) is 0 Å². The van der Waals surface area contributed by atoms with E-state index in [0.29, 0.717) is 11.6 Å². The first-order valence-electron chi connectivity index (χ1n) is 8.86. The summed E-state index contributed by atoms with van der Waals surface area (Å²) < 4.78 is 41.4. The number of nitrogens with zero attached hydrogens (tertiary/aromatic N) is 2. The van der Waals surface area contributed by atoms with Gasteiger partial charge in [0.2, 0.25) is 0 Å². The molecule has 2 aromatic carbocycles. The van der Waals surface area contributed by atoms with E-state index in [1.165, 1.54) is 12.1 Å². The first kappa shape index (κ1) is 20.4. The number of aromatic nitrogens is 2. The van der Waals surface area contributed by atoms with E-state index in [1.807, 2.05) is 19.1 Å². The number of nitrogens with one attached hydrogen (secondary N) is 2. The highest BCUT2D eigenvalue weighted by atomic mass is 79.9. The van der Waals surface area contributed by atoms with Crippen molar-refractivity contribution < 1.29 is 13.2 Å². The number of fused-ring (bicyclic) bond motifs is 1. The van der Waals surface area contributed by atoms with Crippen LogP contribution in [0.5, 0.6) is 0 Å². The van der Waals surface area contributed by atoms with Crippen LogP contribution < -0.4 is 10.6 Å². The largest absolute Gasteiger partial charge is 0.384 e. The normalized spacial score (nSPS) is 12.4. The van der Waals surface area contributed by atoms with Crippen molar-refractivity contribution >= 4 is 38.3 Å². The highest BCUT2D eigenvalue weighted by molar-refractivity contribution is 9.10. The number of rotatable bonds is 6. The second kappa shape index (κ2) is 8.34. The van der Waals surface area contributed by atoms with Crippen molar-refractivity contribution in [1.29, 1.82) is 0 Å². The molecular weight excluding hydrogens is 433 g/mol. The zero-order valence-corrected chi connectivity index (χ0v) is 17.2. The number of aryl methyl sites for hydroxylation is 1. The van der Waals surface area contributed by atoms with Crippen molar-refractivity contribution in [3.63, 3.8) is 0 Å². The molecule has 4 nitrogen and oxygen atoms in total. The first-order chi connectivity index (χ1) is 13.3. The molecule has 3 aromatic rings. The molecule has 8 heteroatoms.